The summed E-state index contributed by atoms with van der Waals surface area (Å²) < 4.78 is 4.91. The van der Waals surface area contributed by atoms with E-state index >= 15 is 0 Å². The van der Waals surface area contributed by atoms with E-state index in [2.05, 4.69) is 0 Å². The van der Waals surface area contributed by atoms with Gasteiger partial charge in [0.15, 0.2) is 0 Å². The average molecular weight is 118 g/mol. The van der Waals surface area contributed by atoms with Gasteiger partial charge in [-0.25, -0.2) is 0 Å². The molecule has 0 bridgehead atoms. The third kappa shape index (κ3) is 2.28. The zero-order valence-electron chi connectivity index (χ0n) is 5.72. The second-order valence-corrected chi connectivity index (χ2v) is 2.20. The molecule has 2 heteroatoms. The normalized spacial score (nSPS) is 14.6. The number of rotatable bonds is 3. The monoisotopic (exact) mass is 118 g/mol. The smallest absolute Gasteiger partial charge is 0.0824 e. The minimum absolute atomic E-state index is 0.00926. The number of hydrogen-bond donors (Lipinski definition) is 1. The van der Waals surface area contributed by atoms with Crippen LogP contribution in [0.25, 0.3) is 0 Å². The fourth-order valence-corrected chi connectivity index (χ4v) is 0.558. The summed E-state index contributed by atoms with van der Waals surface area (Å²) in [6.07, 6.45) is 0.00926. The number of ether oxygens (including phenoxy) is 1. The Balaban J connectivity index is 3.35. The molecule has 0 heterocycles. The first-order valence-corrected chi connectivity index (χ1v) is 2.86. The van der Waals surface area contributed by atoms with Gasteiger partial charge in [-0.2, -0.15) is 0 Å². The molecule has 0 rings (SSSR count). The number of aliphatic hydroxyl groups is 1. The minimum atomic E-state index is 0.00926. The zero-order valence-corrected chi connectivity index (χ0v) is 5.72. The van der Waals surface area contributed by atoms with Crippen molar-refractivity contribution in [2.75, 3.05) is 13.7 Å². The van der Waals surface area contributed by atoms with Crippen LogP contribution >= 0.6 is 0 Å². The molecule has 1 unspecified atom stereocenters. The second-order valence-electron chi connectivity index (χ2n) is 2.20. The summed E-state index contributed by atoms with van der Waals surface area (Å²) in [5.74, 6) is 0.407. The van der Waals surface area contributed by atoms with E-state index in [1.54, 1.807) is 7.11 Å². The van der Waals surface area contributed by atoms with Crippen LogP contribution in [-0.4, -0.2) is 24.9 Å². The Morgan fingerprint density at radius 2 is 2.00 bits per heavy atom. The lowest BCUT2D eigenvalue weighted by molar-refractivity contribution is 0.0181. The standard InChI is InChI=1S/C6H14O2/c1-5(2)6(4-7)8-3/h5-7H,4H2,1-3H3. The highest BCUT2D eigenvalue weighted by molar-refractivity contribution is 4.57. The lowest BCUT2D eigenvalue weighted by Crippen LogP contribution is -2.21. The largest absolute Gasteiger partial charge is 0.394 e. The van der Waals surface area contributed by atoms with E-state index in [1.807, 2.05) is 13.8 Å². The molecule has 0 saturated heterocycles. The van der Waals surface area contributed by atoms with Gasteiger partial charge >= 0.3 is 0 Å². The molecular formula is C6H14O2. The van der Waals surface area contributed by atoms with Gasteiger partial charge in [0, 0.05) is 7.11 Å². The highest BCUT2D eigenvalue weighted by Gasteiger charge is 2.08. The molecule has 0 aromatic heterocycles. The maximum absolute atomic E-state index is 8.57. The zero-order chi connectivity index (χ0) is 6.57. The van der Waals surface area contributed by atoms with Gasteiger partial charge < -0.3 is 9.84 Å². The summed E-state index contributed by atoms with van der Waals surface area (Å²) in [4.78, 5) is 0. The van der Waals surface area contributed by atoms with Crippen LogP contribution < -0.4 is 0 Å². The SMILES string of the molecule is COC(CO)C(C)C. The van der Waals surface area contributed by atoms with Crippen molar-refractivity contribution in [1.82, 2.24) is 0 Å². The maximum atomic E-state index is 8.57. The molecule has 0 saturated carbocycles. The molecule has 2 nitrogen and oxygen atoms in total. The van der Waals surface area contributed by atoms with Gasteiger partial charge in [-0.05, 0) is 5.92 Å². The molecule has 0 aliphatic rings. The summed E-state index contributed by atoms with van der Waals surface area (Å²) in [6.45, 7) is 4.16. The Bertz CT molecular complexity index is 48.5. The van der Waals surface area contributed by atoms with E-state index in [9.17, 15) is 0 Å². The predicted molar refractivity (Wildman–Crippen MR) is 32.7 cm³/mol. The van der Waals surface area contributed by atoms with E-state index in [0.717, 1.165) is 0 Å². The number of aliphatic hydroxyl groups excluding tert-OH is 1. The lowest BCUT2D eigenvalue weighted by Gasteiger charge is -2.14. The average Bonchev–Trinajstić information content (AvgIpc) is 1.69. The number of hydrogen-bond acceptors (Lipinski definition) is 2. The van der Waals surface area contributed by atoms with Gasteiger partial charge in [-0.15, -0.1) is 0 Å². The molecule has 0 amide bonds. The van der Waals surface area contributed by atoms with Crippen molar-refractivity contribution in [2.24, 2.45) is 5.92 Å². The molecule has 0 aliphatic carbocycles. The van der Waals surface area contributed by atoms with Crippen LogP contribution in [0.15, 0.2) is 0 Å². The fourth-order valence-electron chi connectivity index (χ4n) is 0.558. The topological polar surface area (TPSA) is 29.5 Å². The van der Waals surface area contributed by atoms with Crippen molar-refractivity contribution in [2.45, 2.75) is 20.0 Å². The van der Waals surface area contributed by atoms with Crippen molar-refractivity contribution in [1.29, 1.82) is 0 Å². The van der Waals surface area contributed by atoms with Crippen molar-refractivity contribution in [3.63, 3.8) is 0 Å². The first kappa shape index (κ1) is 7.92. The molecule has 50 valence electrons. The maximum Gasteiger partial charge on any atom is 0.0824 e. The highest BCUT2D eigenvalue weighted by Crippen LogP contribution is 2.02. The van der Waals surface area contributed by atoms with Gasteiger partial charge in [0.05, 0.1) is 12.7 Å². The minimum Gasteiger partial charge on any atom is -0.394 e. The molecular weight excluding hydrogens is 104 g/mol. The van der Waals surface area contributed by atoms with Crippen LogP contribution in [0.2, 0.25) is 0 Å². The number of methoxy groups -OCH3 is 1. The van der Waals surface area contributed by atoms with Crippen LogP contribution in [0.3, 0.4) is 0 Å². The van der Waals surface area contributed by atoms with E-state index in [4.69, 9.17) is 9.84 Å². The lowest BCUT2D eigenvalue weighted by atomic mass is 10.1. The summed E-state index contributed by atoms with van der Waals surface area (Å²) in [7, 11) is 1.61. The van der Waals surface area contributed by atoms with Gasteiger partial charge in [0.2, 0.25) is 0 Å². The predicted octanol–water partition coefficient (Wildman–Crippen LogP) is 0.650. The Hall–Kier alpha value is -0.0800. The third-order valence-corrected chi connectivity index (χ3v) is 1.23. The van der Waals surface area contributed by atoms with Crippen molar-refractivity contribution in [3.05, 3.63) is 0 Å². The third-order valence-electron chi connectivity index (χ3n) is 1.23. The Kier molecular flexibility index (Phi) is 3.83. The van der Waals surface area contributed by atoms with Crippen LogP contribution in [0.4, 0.5) is 0 Å². The van der Waals surface area contributed by atoms with Gasteiger partial charge in [0.1, 0.15) is 0 Å². The Morgan fingerprint density at radius 1 is 1.50 bits per heavy atom. The summed E-state index contributed by atoms with van der Waals surface area (Å²) in [5, 5.41) is 8.57. The molecule has 8 heavy (non-hydrogen) atoms. The van der Waals surface area contributed by atoms with Crippen LogP contribution in [0, 0.1) is 5.92 Å². The van der Waals surface area contributed by atoms with Crippen molar-refractivity contribution >= 4 is 0 Å². The van der Waals surface area contributed by atoms with Crippen molar-refractivity contribution < 1.29 is 9.84 Å². The summed E-state index contributed by atoms with van der Waals surface area (Å²) in [6, 6.07) is 0. The Morgan fingerprint density at radius 3 is 2.00 bits per heavy atom. The summed E-state index contributed by atoms with van der Waals surface area (Å²) in [5.41, 5.74) is 0. The quantitative estimate of drug-likeness (QED) is 0.589. The van der Waals surface area contributed by atoms with Crippen molar-refractivity contribution in [3.8, 4) is 0 Å². The molecule has 0 fully saturated rings. The van der Waals surface area contributed by atoms with E-state index < -0.39 is 0 Å². The van der Waals surface area contributed by atoms with E-state index in [0.29, 0.717) is 5.92 Å². The molecule has 0 radical (unpaired) electrons. The van der Waals surface area contributed by atoms with Gasteiger partial charge in [0.25, 0.3) is 0 Å². The van der Waals surface area contributed by atoms with E-state index in [1.165, 1.54) is 0 Å². The van der Waals surface area contributed by atoms with E-state index in [-0.39, 0.29) is 12.7 Å². The first-order chi connectivity index (χ1) is 3.72. The fraction of sp³-hybridized carbons (Fsp3) is 1.00. The van der Waals surface area contributed by atoms with Gasteiger partial charge in [-0.1, -0.05) is 13.8 Å². The molecule has 0 aliphatic heterocycles. The van der Waals surface area contributed by atoms with Crippen LogP contribution in [0.5, 0.6) is 0 Å². The second kappa shape index (κ2) is 3.87. The molecule has 0 aromatic carbocycles. The molecule has 1 N–H and O–H groups in total. The van der Waals surface area contributed by atoms with Crippen LogP contribution in [-0.2, 0) is 4.74 Å². The Labute approximate surface area is 50.5 Å². The molecule has 0 aromatic rings. The highest BCUT2D eigenvalue weighted by atomic mass is 16.5. The first-order valence-electron chi connectivity index (χ1n) is 2.86. The van der Waals surface area contributed by atoms with Crippen LogP contribution in [0.1, 0.15) is 13.8 Å². The summed E-state index contributed by atoms with van der Waals surface area (Å²) >= 11 is 0. The molecule has 0 spiro atoms. The van der Waals surface area contributed by atoms with Gasteiger partial charge in [-0.3, -0.25) is 0 Å². The molecule has 1 atom stereocenters.